The SMILES string of the molecule is Oc1c2c(c(O)n1-c1ccc3ncsc3c1)[C@H]1C=C[C@@H]2CC1. The third kappa shape index (κ3) is 1.44. The summed E-state index contributed by atoms with van der Waals surface area (Å²) in [5.41, 5.74) is 5.33. The van der Waals surface area contributed by atoms with Crippen molar-refractivity contribution >= 4 is 21.6 Å². The van der Waals surface area contributed by atoms with Crippen LogP contribution < -0.4 is 0 Å². The standard InChI is InChI=1S/C17H14N2O2S/c20-16-14-9-1-2-10(4-3-9)15(14)17(21)19(16)11-5-6-12-13(7-11)22-8-18-12/h1-2,5-10,20-21H,3-4H2/t9-,10+. The van der Waals surface area contributed by atoms with Crippen LogP contribution in [0.5, 0.6) is 11.8 Å². The first-order chi connectivity index (χ1) is 10.7. The molecule has 0 radical (unpaired) electrons. The van der Waals surface area contributed by atoms with E-state index in [0.29, 0.717) is 0 Å². The lowest BCUT2D eigenvalue weighted by Crippen LogP contribution is -2.15. The van der Waals surface area contributed by atoms with Gasteiger partial charge in [-0.05, 0) is 31.0 Å². The molecule has 0 spiro atoms. The van der Waals surface area contributed by atoms with Crippen molar-refractivity contribution in [2.45, 2.75) is 24.7 Å². The first kappa shape index (κ1) is 12.3. The number of fused-ring (bicyclic) bond motifs is 2. The maximum atomic E-state index is 10.7. The topological polar surface area (TPSA) is 58.3 Å². The van der Waals surface area contributed by atoms with E-state index < -0.39 is 0 Å². The highest BCUT2D eigenvalue weighted by Crippen LogP contribution is 2.54. The highest BCUT2D eigenvalue weighted by atomic mass is 32.1. The average Bonchev–Trinajstić information content (AvgIpc) is 3.12. The summed E-state index contributed by atoms with van der Waals surface area (Å²) in [6.45, 7) is 0. The lowest BCUT2D eigenvalue weighted by atomic mass is 9.73. The van der Waals surface area contributed by atoms with Crippen LogP contribution in [0.3, 0.4) is 0 Å². The van der Waals surface area contributed by atoms with Gasteiger partial charge in [-0.3, -0.25) is 4.57 Å². The van der Waals surface area contributed by atoms with Gasteiger partial charge in [0.15, 0.2) is 0 Å². The molecule has 2 aromatic heterocycles. The van der Waals surface area contributed by atoms with Crippen molar-refractivity contribution in [3.05, 3.63) is 47.0 Å². The van der Waals surface area contributed by atoms with Gasteiger partial charge in [-0.25, -0.2) is 4.98 Å². The van der Waals surface area contributed by atoms with Crippen molar-refractivity contribution < 1.29 is 10.2 Å². The third-order valence-electron chi connectivity index (χ3n) is 4.87. The first-order valence-corrected chi connectivity index (χ1v) is 8.30. The molecule has 22 heavy (non-hydrogen) atoms. The lowest BCUT2D eigenvalue weighted by Gasteiger charge is -2.30. The van der Waals surface area contributed by atoms with Gasteiger partial charge in [0.25, 0.3) is 0 Å². The minimum absolute atomic E-state index is 0.176. The summed E-state index contributed by atoms with van der Waals surface area (Å²) in [7, 11) is 0. The smallest absolute Gasteiger partial charge is 0.202 e. The molecule has 0 saturated carbocycles. The van der Waals surface area contributed by atoms with E-state index >= 15 is 0 Å². The molecule has 3 aromatic rings. The summed E-state index contributed by atoms with van der Waals surface area (Å²) in [5.74, 6) is 0.796. The molecular weight excluding hydrogens is 296 g/mol. The van der Waals surface area contributed by atoms with E-state index in [9.17, 15) is 10.2 Å². The minimum Gasteiger partial charge on any atom is -0.494 e. The van der Waals surface area contributed by atoms with Gasteiger partial charge in [0.2, 0.25) is 11.8 Å². The van der Waals surface area contributed by atoms with Crippen molar-refractivity contribution in [3.8, 4) is 17.4 Å². The highest BCUT2D eigenvalue weighted by Gasteiger charge is 2.37. The van der Waals surface area contributed by atoms with Gasteiger partial charge in [-0.1, -0.05) is 12.2 Å². The molecule has 3 aliphatic carbocycles. The van der Waals surface area contributed by atoms with Crippen molar-refractivity contribution in [1.82, 2.24) is 9.55 Å². The summed E-state index contributed by atoms with van der Waals surface area (Å²) in [5, 5.41) is 21.4. The summed E-state index contributed by atoms with van der Waals surface area (Å²) < 4.78 is 2.62. The minimum atomic E-state index is 0.176. The molecule has 1 aromatic carbocycles. The molecule has 2 bridgehead atoms. The largest absolute Gasteiger partial charge is 0.494 e. The predicted molar refractivity (Wildman–Crippen MR) is 86.1 cm³/mol. The molecule has 2 N–H and O–H groups in total. The molecule has 110 valence electrons. The summed E-state index contributed by atoms with van der Waals surface area (Å²) in [6, 6.07) is 5.78. The van der Waals surface area contributed by atoms with E-state index in [4.69, 9.17) is 0 Å². The second-order valence-corrected chi connectivity index (χ2v) is 6.88. The van der Waals surface area contributed by atoms with Crippen molar-refractivity contribution in [1.29, 1.82) is 0 Å². The fourth-order valence-corrected chi connectivity index (χ4v) is 4.55. The fraction of sp³-hybridized carbons (Fsp3) is 0.235. The predicted octanol–water partition coefficient (Wildman–Crippen LogP) is 4.03. The number of aromatic hydroxyl groups is 2. The molecule has 2 heterocycles. The first-order valence-electron chi connectivity index (χ1n) is 7.42. The van der Waals surface area contributed by atoms with E-state index in [-0.39, 0.29) is 23.6 Å². The Labute approximate surface area is 131 Å². The molecule has 6 rings (SSSR count). The van der Waals surface area contributed by atoms with Crippen LogP contribution in [0.25, 0.3) is 15.9 Å². The number of nitrogens with zero attached hydrogens (tertiary/aromatic N) is 2. The van der Waals surface area contributed by atoms with Gasteiger partial charge < -0.3 is 10.2 Å². The Balaban J connectivity index is 1.77. The summed E-state index contributed by atoms with van der Waals surface area (Å²) >= 11 is 1.56. The van der Waals surface area contributed by atoms with Gasteiger partial charge in [-0.2, -0.15) is 0 Å². The van der Waals surface area contributed by atoms with E-state index in [1.54, 1.807) is 21.4 Å². The molecule has 0 amide bonds. The molecule has 0 saturated heterocycles. The van der Waals surface area contributed by atoms with Crippen LogP contribution in [-0.4, -0.2) is 19.8 Å². The molecule has 2 atom stereocenters. The Morgan fingerprint density at radius 1 is 1.05 bits per heavy atom. The number of hydrogen-bond donors (Lipinski definition) is 2. The van der Waals surface area contributed by atoms with Gasteiger partial charge in [-0.15, -0.1) is 11.3 Å². The molecule has 5 heteroatoms. The van der Waals surface area contributed by atoms with Crippen LogP contribution >= 0.6 is 11.3 Å². The summed E-state index contributed by atoms with van der Waals surface area (Å²) in [6.07, 6.45) is 6.40. The van der Waals surface area contributed by atoms with Gasteiger partial charge >= 0.3 is 0 Å². The maximum absolute atomic E-state index is 10.7. The number of benzene rings is 1. The van der Waals surface area contributed by atoms with E-state index in [2.05, 4.69) is 17.1 Å². The van der Waals surface area contributed by atoms with Crippen molar-refractivity contribution in [2.24, 2.45) is 0 Å². The van der Waals surface area contributed by atoms with Crippen LogP contribution in [0, 0.1) is 0 Å². The van der Waals surface area contributed by atoms with Gasteiger partial charge in [0.1, 0.15) is 0 Å². The monoisotopic (exact) mass is 310 g/mol. The van der Waals surface area contributed by atoms with Crippen LogP contribution in [-0.2, 0) is 0 Å². The number of aromatic nitrogens is 2. The second kappa shape index (κ2) is 4.14. The molecule has 0 unspecified atom stereocenters. The average molecular weight is 310 g/mol. The molecule has 0 fully saturated rings. The number of thiazole rings is 1. The Hall–Kier alpha value is -2.27. The maximum Gasteiger partial charge on any atom is 0.202 e. The van der Waals surface area contributed by atoms with Gasteiger partial charge in [0.05, 0.1) is 21.4 Å². The van der Waals surface area contributed by atoms with Crippen molar-refractivity contribution in [2.75, 3.05) is 0 Å². The van der Waals surface area contributed by atoms with Gasteiger partial charge in [0, 0.05) is 23.0 Å². The molecular formula is C17H14N2O2S. The number of rotatable bonds is 1. The second-order valence-electron chi connectivity index (χ2n) is 5.99. The van der Waals surface area contributed by atoms with Crippen LogP contribution in [0.15, 0.2) is 35.9 Å². The van der Waals surface area contributed by atoms with Crippen LogP contribution in [0.4, 0.5) is 0 Å². The van der Waals surface area contributed by atoms with E-state index in [1.165, 1.54) is 0 Å². The van der Waals surface area contributed by atoms with Crippen LogP contribution in [0.1, 0.15) is 35.8 Å². The zero-order chi connectivity index (χ0) is 14.8. The zero-order valence-corrected chi connectivity index (χ0v) is 12.5. The highest BCUT2D eigenvalue weighted by molar-refractivity contribution is 7.16. The number of allylic oxidation sites excluding steroid dienone is 2. The third-order valence-corrected chi connectivity index (χ3v) is 5.67. The lowest BCUT2D eigenvalue weighted by molar-refractivity contribution is 0.399. The Morgan fingerprint density at radius 3 is 2.36 bits per heavy atom. The van der Waals surface area contributed by atoms with E-state index in [1.807, 2.05) is 18.2 Å². The number of hydrogen-bond acceptors (Lipinski definition) is 4. The van der Waals surface area contributed by atoms with Crippen molar-refractivity contribution in [3.63, 3.8) is 0 Å². The van der Waals surface area contributed by atoms with E-state index in [0.717, 1.165) is 39.9 Å². The quantitative estimate of drug-likeness (QED) is 0.667. The fourth-order valence-electron chi connectivity index (χ4n) is 3.84. The van der Waals surface area contributed by atoms with Crippen LogP contribution in [0.2, 0.25) is 0 Å². The zero-order valence-electron chi connectivity index (χ0n) is 11.7. The molecule has 4 nitrogen and oxygen atoms in total. The Bertz CT molecular complexity index is 900. The summed E-state index contributed by atoms with van der Waals surface area (Å²) in [4.78, 5) is 4.27. The molecule has 3 aliphatic rings. The Morgan fingerprint density at radius 2 is 1.73 bits per heavy atom. The normalized spacial score (nSPS) is 22.4. The molecule has 0 aliphatic heterocycles. The Kier molecular flexibility index (Phi) is 2.31.